The van der Waals surface area contributed by atoms with Crippen molar-refractivity contribution in [3.8, 4) is 17.0 Å². The van der Waals surface area contributed by atoms with Crippen molar-refractivity contribution in [3.63, 3.8) is 0 Å². The van der Waals surface area contributed by atoms with Crippen LogP contribution in [0.3, 0.4) is 0 Å². The first kappa shape index (κ1) is 13.5. The van der Waals surface area contributed by atoms with Crippen LogP contribution in [0.2, 0.25) is 0 Å². The van der Waals surface area contributed by atoms with Gasteiger partial charge in [-0.3, -0.25) is 9.97 Å². The van der Waals surface area contributed by atoms with Gasteiger partial charge in [0.1, 0.15) is 5.75 Å². The molecule has 1 aromatic heterocycles. The predicted octanol–water partition coefficient (Wildman–Crippen LogP) is 2.30. The van der Waals surface area contributed by atoms with Crippen molar-refractivity contribution < 1.29 is 4.74 Å². The number of nitrogens with one attached hydrogen (secondary N) is 1. The second-order valence-corrected chi connectivity index (χ2v) is 4.34. The number of aryl methyl sites for hydroxylation is 1. The molecule has 1 aliphatic rings. The number of hydrogen-bond donors (Lipinski definition) is 1. The Hall–Kier alpha value is -1.94. The number of nitrogens with zero attached hydrogens (tertiary/aromatic N) is 2. The third-order valence-corrected chi connectivity index (χ3v) is 2.77. The Morgan fingerprint density at radius 2 is 2.05 bits per heavy atom. The average molecular weight is 257 g/mol. The standard InChI is InChI=1S/C13H12N2O.C2H7N/c1-3-10-4-2-8-16-13(10)11(5-1)12-9-14-6-7-15-12;1-3-2/h1,3,5-7,9H,2,4,8H2;3H,1-2H3. The summed E-state index contributed by atoms with van der Waals surface area (Å²) < 4.78 is 5.74. The van der Waals surface area contributed by atoms with Gasteiger partial charge in [-0.15, -0.1) is 0 Å². The number of fused-ring (bicyclic) bond motifs is 1. The number of benzene rings is 1. The zero-order valence-corrected chi connectivity index (χ0v) is 11.4. The van der Waals surface area contributed by atoms with E-state index in [9.17, 15) is 0 Å². The average Bonchev–Trinajstić information content (AvgIpc) is 2.48. The fraction of sp³-hybridized carbons (Fsp3) is 0.333. The Bertz CT molecular complexity index is 514. The number of aromatic nitrogens is 2. The first-order chi connectivity index (χ1) is 9.36. The Morgan fingerprint density at radius 1 is 1.21 bits per heavy atom. The highest BCUT2D eigenvalue weighted by Crippen LogP contribution is 2.34. The molecule has 2 heterocycles. The molecule has 1 aliphatic heterocycles. The maximum absolute atomic E-state index is 5.74. The summed E-state index contributed by atoms with van der Waals surface area (Å²) in [7, 11) is 3.75. The summed E-state index contributed by atoms with van der Waals surface area (Å²) in [6.07, 6.45) is 7.34. The van der Waals surface area contributed by atoms with E-state index in [-0.39, 0.29) is 0 Å². The summed E-state index contributed by atoms with van der Waals surface area (Å²) in [5, 5.41) is 2.75. The van der Waals surface area contributed by atoms with Gasteiger partial charge >= 0.3 is 0 Å². The van der Waals surface area contributed by atoms with Crippen LogP contribution in [0.4, 0.5) is 0 Å². The predicted molar refractivity (Wildman–Crippen MR) is 76.3 cm³/mol. The SMILES string of the molecule is CNC.c1cc2c(c(-c3cnccn3)c1)OCCC2. The summed E-state index contributed by atoms with van der Waals surface area (Å²) in [6, 6.07) is 6.21. The summed E-state index contributed by atoms with van der Waals surface area (Å²) in [6.45, 7) is 0.796. The van der Waals surface area contributed by atoms with Crippen molar-refractivity contribution in [2.24, 2.45) is 0 Å². The fourth-order valence-electron chi connectivity index (χ4n) is 2.03. The van der Waals surface area contributed by atoms with Gasteiger partial charge in [0.15, 0.2) is 0 Å². The summed E-state index contributed by atoms with van der Waals surface area (Å²) in [5.41, 5.74) is 3.20. The van der Waals surface area contributed by atoms with Gasteiger partial charge in [0.2, 0.25) is 0 Å². The molecule has 0 spiro atoms. The van der Waals surface area contributed by atoms with Crippen LogP contribution in [-0.2, 0) is 6.42 Å². The highest BCUT2D eigenvalue weighted by atomic mass is 16.5. The van der Waals surface area contributed by atoms with E-state index in [0.29, 0.717) is 0 Å². The Labute approximate surface area is 113 Å². The molecule has 0 radical (unpaired) electrons. The molecule has 0 unspecified atom stereocenters. The molecule has 4 heteroatoms. The second kappa shape index (κ2) is 6.85. The van der Waals surface area contributed by atoms with Crippen LogP contribution >= 0.6 is 0 Å². The molecule has 1 N–H and O–H groups in total. The lowest BCUT2D eigenvalue weighted by atomic mass is 10.0. The Kier molecular flexibility index (Phi) is 4.86. The largest absolute Gasteiger partial charge is 0.493 e. The van der Waals surface area contributed by atoms with Gasteiger partial charge in [-0.1, -0.05) is 12.1 Å². The van der Waals surface area contributed by atoms with E-state index in [1.54, 1.807) is 18.6 Å². The quantitative estimate of drug-likeness (QED) is 0.851. The fourth-order valence-corrected chi connectivity index (χ4v) is 2.03. The number of rotatable bonds is 1. The highest BCUT2D eigenvalue weighted by Gasteiger charge is 2.15. The van der Waals surface area contributed by atoms with Gasteiger partial charge in [-0.05, 0) is 38.6 Å². The van der Waals surface area contributed by atoms with Crippen molar-refractivity contribution in [1.29, 1.82) is 0 Å². The Balaban J connectivity index is 0.000000408. The maximum Gasteiger partial charge on any atom is 0.131 e. The molecule has 0 aliphatic carbocycles. The third kappa shape index (κ3) is 3.29. The van der Waals surface area contributed by atoms with Crippen LogP contribution in [-0.4, -0.2) is 30.7 Å². The molecule has 0 bridgehead atoms. The molecular formula is C15H19N3O. The minimum absolute atomic E-state index is 0.796. The van der Waals surface area contributed by atoms with Crippen molar-refractivity contribution >= 4 is 0 Å². The maximum atomic E-state index is 5.74. The molecule has 0 atom stereocenters. The second-order valence-electron chi connectivity index (χ2n) is 4.34. The molecule has 100 valence electrons. The topological polar surface area (TPSA) is 47.0 Å². The van der Waals surface area contributed by atoms with Crippen molar-refractivity contribution in [2.75, 3.05) is 20.7 Å². The third-order valence-electron chi connectivity index (χ3n) is 2.77. The molecule has 1 aromatic carbocycles. The Morgan fingerprint density at radius 3 is 2.79 bits per heavy atom. The van der Waals surface area contributed by atoms with E-state index >= 15 is 0 Å². The van der Waals surface area contributed by atoms with E-state index in [2.05, 4.69) is 27.4 Å². The molecule has 0 amide bonds. The monoisotopic (exact) mass is 257 g/mol. The molecule has 0 saturated carbocycles. The first-order valence-electron chi connectivity index (χ1n) is 6.46. The number of para-hydroxylation sites is 1. The van der Waals surface area contributed by atoms with Crippen LogP contribution < -0.4 is 10.1 Å². The molecule has 4 nitrogen and oxygen atoms in total. The lowest BCUT2D eigenvalue weighted by Crippen LogP contribution is -2.09. The van der Waals surface area contributed by atoms with Gasteiger partial charge in [0.25, 0.3) is 0 Å². The van der Waals surface area contributed by atoms with Crippen molar-refractivity contribution in [2.45, 2.75) is 12.8 Å². The minimum Gasteiger partial charge on any atom is -0.493 e. The van der Waals surface area contributed by atoms with Crippen molar-refractivity contribution in [3.05, 3.63) is 42.4 Å². The van der Waals surface area contributed by atoms with Crippen LogP contribution in [0.1, 0.15) is 12.0 Å². The smallest absolute Gasteiger partial charge is 0.131 e. The highest BCUT2D eigenvalue weighted by molar-refractivity contribution is 5.68. The van der Waals surface area contributed by atoms with Crippen LogP contribution in [0.25, 0.3) is 11.3 Å². The van der Waals surface area contributed by atoms with E-state index < -0.39 is 0 Å². The zero-order valence-electron chi connectivity index (χ0n) is 11.4. The van der Waals surface area contributed by atoms with E-state index in [4.69, 9.17) is 4.74 Å². The van der Waals surface area contributed by atoms with Gasteiger partial charge < -0.3 is 10.1 Å². The lowest BCUT2D eigenvalue weighted by molar-refractivity contribution is 0.289. The molecule has 19 heavy (non-hydrogen) atoms. The molecule has 0 saturated heterocycles. The van der Waals surface area contributed by atoms with Gasteiger partial charge in [-0.25, -0.2) is 0 Å². The van der Waals surface area contributed by atoms with Crippen LogP contribution in [0.15, 0.2) is 36.8 Å². The first-order valence-corrected chi connectivity index (χ1v) is 6.46. The van der Waals surface area contributed by atoms with Gasteiger partial charge in [0, 0.05) is 18.0 Å². The van der Waals surface area contributed by atoms with Crippen molar-refractivity contribution in [1.82, 2.24) is 15.3 Å². The van der Waals surface area contributed by atoms with E-state index in [1.807, 2.05) is 20.2 Å². The summed E-state index contributed by atoms with van der Waals surface area (Å²) in [4.78, 5) is 8.41. The van der Waals surface area contributed by atoms with E-state index in [1.165, 1.54) is 5.56 Å². The minimum atomic E-state index is 0.796. The molecular weight excluding hydrogens is 238 g/mol. The number of hydrogen-bond acceptors (Lipinski definition) is 4. The number of ether oxygens (including phenoxy) is 1. The van der Waals surface area contributed by atoms with Crippen LogP contribution in [0.5, 0.6) is 5.75 Å². The molecule has 0 fully saturated rings. The lowest BCUT2D eigenvalue weighted by Gasteiger charge is -2.19. The van der Waals surface area contributed by atoms with Gasteiger partial charge in [-0.2, -0.15) is 0 Å². The normalized spacial score (nSPS) is 12.7. The van der Waals surface area contributed by atoms with Gasteiger partial charge in [0.05, 0.1) is 18.5 Å². The van der Waals surface area contributed by atoms with E-state index in [0.717, 1.165) is 36.5 Å². The zero-order chi connectivity index (χ0) is 13.5. The molecule has 2 aromatic rings. The summed E-state index contributed by atoms with van der Waals surface area (Å²) in [5.74, 6) is 0.981. The molecule has 3 rings (SSSR count). The summed E-state index contributed by atoms with van der Waals surface area (Å²) >= 11 is 0. The van der Waals surface area contributed by atoms with Crippen LogP contribution in [0, 0.1) is 0 Å².